The summed E-state index contributed by atoms with van der Waals surface area (Å²) in [5, 5.41) is 0. The second-order valence-corrected chi connectivity index (χ2v) is 5.15. The van der Waals surface area contributed by atoms with Crippen molar-refractivity contribution < 1.29 is 4.74 Å². The Kier molecular flexibility index (Phi) is 3.83. The average molecular weight is 282 g/mol. The molecular weight excluding hydrogens is 264 g/mol. The van der Waals surface area contributed by atoms with Crippen LogP contribution in [-0.2, 0) is 13.0 Å². The number of hydrogen-bond acceptors (Lipinski definition) is 4. The van der Waals surface area contributed by atoms with Crippen LogP contribution in [0, 0.1) is 0 Å². The molecule has 0 amide bonds. The molecule has 3 aromatic heterocycles. The molecule has 0 saturated carbocycles. The van der Waals surface area contributed by atoms with E-state index in [9.17, 15) is 0 Å². The van der Waals surface area contributed by atoms with Crippen LogP contribution in [0.3, 0.4) is 0 Å². The molecule has 21 heavy (non-hydrogen) atoms. The number of hydrogen-bond donors (Lipinski definition) is 1. The predicted molar refractivity (Wildman–Crippen MR) is 81.1 cm³/mol. The van der Waals surface area contributed by atoms with Crippen LogP contribution in [-0.4, -0.2) is 20.4 Å². The molecule has 5 nitrogen and oxygen atoms in total. The van der Waals surface area contributed by atoms with Gasteiger partial charge in [-0.2, -0.15) is 0 Å². The Morgan fingerprint density at radius 2 is 2.14 bits per heavy atom. The molecule has 108 valence electrons. The van der Waals surface area contributed by atoms with Gasteiger partial charge in [0.05, 0.1) is 11.9 Å². The number of rotatable bonds is 5. The lowest BCUT2D eigenvalue weighted by Gasteiger charge is -2.06. The zero-order valence-corrected chi connectivity index (χ0v) is 11.9. The monoisotopic (exact) mass is 282 g/mol. The Balaban J connectivity index is 1.64. The normalized spacial score (nSPS) is 12.5. The number of aromatic nitrogens is 3. The smallest absolute Gasteiger partial charge is 0.138 e. The number of fused-ring (bicyclic) bond motifs is 1. The highest BCUT2D eigenvalue weighted by Crippen LogP contribution is 2.13. The quantitative estimate of drug-likeness (QED) is 0.779. The molecule has 0 aliphatic carbocycles. The van der Waals surface area contributed by atoms with E-state index in [0.717, 1.165) is 29.2 Å². The standard InChI is InChI=1S/C16H18N4O/c1-12(17)8-13-5-6-15(9-18-13)21-11-14-10-20-7-3-2-4-16(20)19-14/h2-7,9-10,12H,8,11,17H2,1H3. The third-order valence-electron chi connectivity index (χ3n) is 3.13. The lowest BCUT2D eigenvalue weighted by Crippen LogP contribution is -2.18. The molecule has 3 rings (SSSR count). The molecule has 5 heteroatoms. The van der Waals surface area contributed by atoms with Crippen molar-refractivity contribution in [3.63, 3.8) is 0 Å². The maximum absolute atomic E-state index is 5.75. The van der Waals surface area contributed by atoms with Crippen LogP contribution in [0.4, 0.5) is 0 Å². The van der Waals surface area contributed by atoms with Crippen LogP contribution in [0.15, 0.2) is 48.9 Å². The fourth-order valence-electron chi connectivity index (χ4n) is 2.16. The van der Waals surface area contributed by atoms with Crippen molar-refractivity contribution in [1.82, 2.24) is 14.4 Å². The molecule has 0 saturated heterocycles. The van der Waals surface area contributed by atoms with Gasteiger partial charge < -0.3 is 14.9 Å². The van der Waals surface area contributed by atoms with Gasteiger partial charge in [0.15, 0.2) is 0 Å². The van der Waals surface area contributed by atoms with E-state index in [1.54, 1.807) is 6.20 Å². The third kappa shape index (κ3) is 3.38. The minimum Gasteiger partial charge on any atom is -0.486 e. The maximum atomic E-state index is 5.75. The predicted octanol–water partition coefficient (Wildman–Crippen LogP) is 2.20. The Labute approximate surface area is 123 Å². The first-order valence-corrected chi connectivity index (χ1v) is 6.96. The first kappa shape index (κ1) is 13.6. The van der Waals surface area contributed by atoms with E-state index in [1.807, 2.05) is 54.0 Å². The summed E-state index contributed by atoms with van der Waals surface area (Å²) in [6.07, 6.45) is 6.43. The fourth-order valence-corrected chi connectivity index (χ4v) is 2.16. The molecule has 1 unspecified atom stereocenters. The van der Waals surface area contributed by atoms with Crippen molar-refractivity contribution >= 4 is 5.65 Å². The number of imidazole rings is 1. The minimum absolute atomic E-state index is 0.113. The SMILES string of the molecule is CC(N)Cc1ccc(OCc2cn3ccccc3n2)cn1. The van der Waals surface area contributed by atoms with E-state index in [0.29, 0.717) is 6.61 Å². The van der Waals surface area contributed by atoms with Crippen LogP contribution < -0.4 is 10.5 Å². The van der Waals surface area contributed by atoms with Gasteiger partial charge in [0.25, 0.3) is 0 Å². The Bertz CT molecular complexity index is 685. The van der Waals surface area contributed by atoms with Gasteiger partial charge in [-0.15, -0.1) is 0 Å². The highest BCUT2D eigenvalue weighted by atomic mass is 16.5. The van der Waals surface area contributed by atoms with Gasteiger partial charge in [0, 0.05) is 30.6 Å². The number of nitrogens with zero attached hydrogens (tertiary/aromatic N) is 3. The number of ether oxygens (including phenoxy) is 1. The summed E-state index contributed by atoms with van der Waals surface area (Å²) in [4.78, 5) is 8.83. The van der Waals surface area contributed by atoms with Gasteiger partial charge in [0.2, 0.25) is 0 Å². The Morgan fingerprint density at radius 3 is 2.86 bits per heavy atom. The molecular formula is C16H18N4O. The van der Waals surface area contributed by atoms with Crippen molar-refractivity contribution in [2.45, 2.75) is 26.0 Å². The molecule has 3 heterocycles. The average Bonchev–Trinajstić information content (AvgIpc) is 2.89. The molecule has 3 aromatic rings. The van der Waals surface area contributed by atoms with E-state index >= 15 is 0 Å². The summed E-state index contributed by atoms with van der Waals surface area (Å²) in [6.45, 7) is 2.39. The Hall–Kier alpha value is -2.40. The second kappa shape index (κ2) is 5.93. The van der Waals surface area contributed by atoms with Gasteiger partial charge in [-0.25, -0.2) is 4.98 Å². The first-order valence-electron chi connectivity index (χ1n) is 6.96. The second-order valence-electron chi connectivity index (χ2n) is 5.15. The van der Waals surface area contributed by atoms with Gasteiger partial charge in [-0.05, 0) is 31.2 Å². The van der Waals surface area contributed by atoms with E-state index in [4.69, 9.17) is 10.5 Å². The van der Waals surface area contributed by atoms with Gasteiger partial charge in [0.1, 0.15) is 18.0 Å². The summed E-state index contributed by atoms with van der Waals surface area (Å²) < 4.78 is 7.69. The lowest BCUT2D eigenvalue weighted by atomic mass is 10.2. The van der Waals surface area contributed by atoms with Crippen LogP contribution in [0.1, 0.15) is 18.3 Å². The van der Waals surface area contributed by atoms with E-state index in [1.165, 1.54) is 0 Å². The van der Waals surface area contributed by atoms with Gasteiger partial charge in [-0.3, -0.25) is 4.98 Å². The van der Waals surface area contributed by atoms with E-state index in [-0.39, 0.29) is 6.04 Å². The summed E-state index contributed by atoms with van der Waals surface area (Å²) in [5.41, 5.74) is 8.54. The molecule has 0 aromatic carbocycles. The molecule has 2 N–H and O–H groups in total. The molecule has 0 radical (unpaired) electrons. The largest absolute Gasteiger partial charge is 0.486 e. The van der Waals surface area contributed by atoms with E-state index in [2.05, 4.69) is 9.97 Å². The summed E-state index contributed by atoms with van der Waals surface area (Å²) in [7, 11) is 0. The van der Waals surface area contributed by atoms with Crippen molar-refractivity contribution in [3.05, 3.63) is 60.3 Å². The van der Waals surface area contributed by atoms with Gasteiger partial charge in [-0.1, -0.05) is 6.07 Å². The highest BCUT2D eigenvalue weighted by Gasteiger charge is 2.03. The molecule has 1 atom stereocenters. The maximum Gasteiger partial charge on any atom is 0.138 e. The van der Waals surface area contributed by atoms with Crippen LogP contribution >= 0.6 is 0 Å². The summed E-state index contributed by atoms with van der Waals surface area (Å²) >= 11 is 0. The minimum atomic E-state index is 0.113. The fraction of sp³-hybridized carbons (Fsp3) is 0.250. The van der Waals surface area contributed by atoms with Crippen LogP contribution in [0.2, 0.25) is 0 Å². The van der Waals surface area contributed by atoms with Crippen LogP contribution in [0.5, 0.6) is 5.75 Å². The van der Waals surface area contributed by atoms with Crippen molar-refractivity contribution in [3.8, 4) is 5.75 Å². The zero-order valence-electron chi connectivity index (χ0n) is 11.9. The van der Waals surface area contributed by atoms with Gasteiger partial charge >= 0.3 is 0 Å². The van der Waals surface area contributed by atoms with E-state index < -0.39 is 0 Å². The zero-order chi connectivity index (χ0) is 14.7. The lowest BCUT2D eigenvalue weighted by molar-refractivity contribution is 0.300. The Morgan fingerprint density at radius 1 is 1.24 bits per heavy atom. The van der Waals surface area contributed by atoms with Crippen molar-refractivity contribution in [1.29, 1.82) is 0 Å². The molecule has 0 fully saturated rings. The molecule has 0 bridgehead atoms. The van der Waals surface area contributed by atoms with Crippen molar-refractivity contribution in [2.75, 3.05) is 0 Å². The highest BCUT2D eigenvalue weighted by molar-refractivity contribution is 5.39. The topological polar surface area (TPSA) is 65.4 Å². The number of nitrogens with two attached hydrogens (primary N) is 1. The summed E-state index contributed by atoms with van der Waals surface area (Å²) in [6, 6.07) is 9.88. The first-order chi connectivity index (χ1) is 10.2. The van der Waals surface area contributed by atoms with Crippen LogP contribution in [0.25, 0.3) is 5.65 Å². The molecule has 0 spiro atoms. The third-order valence-corrected chi connectivity index (χ3v) is 3.13. The summed E-state index contributed by atoms with van der Waals surface area (Å²) in [5.74, 6) is 0.737. The number of pyridine rings is 2. The molecule has 0 aliphatic heterocycles. The molecule has 0 aliphatic rings. The van der Waals surface area contributed by atoms with Crippen molar-refractivity contribution in [2.24, 2.45) is 5.73 Å².